The number of halogens is 3. The molecule has 2 rings (SSSR count). The second kappa shape index (κ2) is 5.56. The van der Waals surface area contributed by atoms with Gasteiger partial charge in [0.15, 0.2) is 5.82 Å². The first-order valence-electron chi connectivity index (χ1n) is 4.86. The van der Waals surface area contributed by atoms with Crippen LogP contribution in [-0.4, -0.2) is 15.0 Å². The Bertz CT molecular complexity index is 555. The molecule has 0 saturated carbocycles. The topological polar surface area (TPSA) is 76.7 Å². The number of hydrogen-bond donors (Lipinski definition) is 2. The molecule has 0 aliphatic rings. The predicted molar refractivity (Wildman–Crippen MR) is 73.5 cm³/mol. The average molecular weight is 305 g/mol. The van der Waals surface area contributed by atoms with Gasteiger partial charge in [0, 0.05) is 15.7 Å². The Morgan fingerprint density at radius 3 is 2.33 bits per heavy atom. The van der Waals surface area contributed by atoms with E-state index >= 15 is 0 Å². The molecule has 0 spiro atoms. The third-order valence-corrected chi connectivity index (χ3v) is 2.61. The molecule has 0 unspecified atom stereocenters. The van der Waals surface area contributed by atoms with E-state index in [1.165, 1.54) is 0 Å². The SMILES string of the molecule is Nc1nc(CCl)nc(Nc2cc(Cl)cc(Cl)c2)n1. The fourth-order valence-electron chi connectivity index (χ4n) is 1.31. The molecule has 2 aromatic rings. The standard InChI is InChI=1S/C10H8Cl3N5/c11-4-8-16-9(14)18-10(17-8)15-7-2-5(12)1-6(13)3-7/h1-3H,4H2,(H3,14,15,16,17,18). The Labute approximate surface area is 118 Å². The van der Waals surface area contributed by atoms with Crippen molar-refractivity contribution >= 4 is 52.4 Å². The first-order valence-corrected chi connectivity index (χ1v) is 6.15. The van der Waals surface area contributed by atoms with Crippen molar-refractivity contribution in [2.45, 2.75) is 5.88 Å². The summed E-state index contributed by atoms with van der Waals surface area (Å²) in [4.78, 5) is 11.9. The quantitative estimate of drug-likeness (QED) is 0.851. The molecule has 0 bridgehead atoms. The number of hydrogen-bond acceptors (Lipinski definition) is 5. The highest BCUT2D eigenvalue weighted by Crippen LogP contribution is 2.24. The fraction of sp³-hybridized carbons (Fsp3) is 0.100. The van der Waals surface area contributed by atoms with Gasteiger partial charge in [-0.1, -0.05) is 23.2 Å². The zero-order chi connectivity index (χ0) is 13.1. The normalized spacial score (nSPS) is 10.4. The summed E-state index contributed by atoms with van der Waals surface area (Å²) in [5.74, 6) is 0.921. The van der Waals surface area contributed by atoms with E-state index in [9.17, 15) is 0 Å². The minimum atomic E-state index is 0.0938. The van der Waals surface area contributed by atoms with Crippen molar-refractivity contribution < 1.29 is 0 Å². The number of rotatable bonds is 3. The van der Waals surface area contributed by atoms with E-state index in [1.54, 1.807) is 18.2 Å². The lowest BCUT2D eigenvalue weighted by molar-refractivity contribution is 0.979. The molecule has 0 saturated heterocycles. The van der Waals surface area contributed by atoms with E-state index < -0.39 is 0 Å². The molecule has 0 radical (unpaired) electrons. The summed E-state index contributed by atoms with van der Waals surface area (Å²) in [5.41, 5.74) is 6.19. The number of nitrogens with zero attached hydrogens (tertiary/aromatic N) is 3. The van der Waals surface area contributed by atoms with Crippen LogP contribution in [0.25, 0.3) is 0 Å². The van der Waals surface area contributed by atoms with Crippen molar-refractivity contribution in [3.63, 3.8) is 0 Å². The number of anilines is 3. The van der Waals surface area contributed by atoms with Crippen LogP contribution in [0.1, 0.15) is 5.82 Å². The first kappa shape index (κ1) is 13.1. The van der Waals surface area contributed by atoms with Gasteiger partial charge in [0.1, 0.15) is 0 Å². The van der Waals surface area contributed by atoms with Gasteiger partial charge in [0.05, 0.1) is 5.88 Å². The van der Waals surface area contributed by atoms with E-state index in [2.05, 4.69) is 20.3 Å². The Kier molecular flexibility index (Phi) is 4.06. The summed E-state index contributed by atoms with van der Waals surface area (Å²) in [6.07, 6.45) is 0. The van der Waals surface area contributed by atoms with Crippen molar-refractivity contribution in [3.05, 3.63) is 34.1 Å². The maximum Gasteiger partial charge on any atom is 0.232 e. The number of benzene rings is 1. The molecule has 8 heteroatoms. The lowest BCUT2D eigenvalue weighted by atomic mass is 10.3. The van der Waals surface area contributed by atoms with Crippen molar-refractivity contribution in [3.8, 4) is 0 Å². The maximum absolute atomic E-state index is 5.88. The summed E-state index contributed by atoms with van der Waals surface area (Å²) >= 11 is 17.4. The number of nitrogens with two attached hydrogens (primary N) is 1. The van der Waals surface area contributed by atoms with Crippen LogP contribution in [0.4, 0.5) is 17.6 Å². The Hall–Kier alpha value is -1.30. The Morgan fingerprint density at radius 1 is 1.06 bits per heavy atom. The van der Waals surface area contributed by atoms with Gasteiger partial charge in [-0.3, -0.25) is 0 Å². The monoisotopic (exact) mass is 303 g/mol. The van der Waals surface area contributed by atoms with Gasteiger partial charge in [-0.2, -0.15) is 15.0 Å². The van der Waals surface area contributed by atoms with Gasteiger partial charge >= 0.3 is 0 Å². The highest BCUT2D eigenvalue weighted by molar-refractivity contribution is 6.35. The van der Waals surface area contributed by atoms with E-state index in [1.807, 2.05) is 0 Å². The van der Waals surface area contributed by atoms with Crippen LogP contribution in [0.3, 0.4) is 0 Å². The molecule has 5 nitrogen and oxygen atoms in total. The third-order valence-electron chi connectivity index (χ3n) is 1.94. The molecular weight excluding hydrogens is 297 g/mol. The molecule has 1 aromatic carbocycles. The number of alkyl halides is 1. The smallest absolute Gasteiger partial charge is 0.232 e. The number of nitrogens with one attached hydrogen (secondary N) is 1. The molecule has 1 aromatic heterocycles. The molecule has 18 heavy (non-hydrogen) atoms. The van der Waals surface area contributed by atoms with Crippen molar-refractivity contribution in [1.29, 1.82) is 0 Å². The average Bonchev–Trinajstić information content (AvgIpc) is 2.26. The Balaban J connectivity index is 2.30. The van der Waals surface area contributed by atoms with Crippen molar-refractivity contribution in [2.24, 2.45) is 0 Å². The van der Waals surface area contributed by atoms with Crippen LogP contribution in [0.2, 0.25) is 10.0 Å². The first-order chi connectivity index (χ1) is 8.56. The maximum atomic E-state index is 5.88. The van der Waals surface area contributed by atoms with E-state index in [0.29, 0.717) is 21.6 Å². The molecular formula is C10H8Cl3N5. The zero-order valence-corrected chi connectivity index (χ0v) is 11.3. The lowest BCUT2D eigenvalue weighted by Gasteiger charge is -2.07. The molecule has 0 amide bonds. The van der Waals surface area contributed by atoms with Crippen LogP contribution in [-0.2, 0) is 5.88 Å². The lowest BCUT2D eigenvalue weighted by Crippen LogP contribution is -2.06. The second-order valence-corrected chi connectivity index (χ2v) is 4.49. The van der Waals surface area contributed by atoms with Gasteiger partial charge in [0.2, 0.25) is 11.9 Å². The predicted octanol–water partition coefficient (Wildman–Crippen LogP) is 3.24. The van der Waals surface area contributed by atoms with Crippen molar-refractivity contribution in [1.82, 2.24) is 15.0 Å². The van der Waals surface area contributed by atoms with Crippen molar-refractivity contribution in [2.75, 3.05) is 11.1 Å². The summed E-state index contributed by atoms with van der Waals surface area (Å²) in [5, 5.41) is 3.94. The fourth-order valence-corrected chi connectivity index (χ4v) is 1.95. The minimum Gasteiger partial charge on any atom is -0.368 e. The molecule has 1 heterocycles. The van der Waals surface area contributed by atoms with Crippen LogP contribution in [0.15, 0.2) is 18.2 Å². The largest absolute Gasteiger partial charge is 0.368 e. The molecule has 0 aliphatic heterocycles. The number of nitrogen functional groups attached to an aromatic ring is 1. The van der Waals surface area contributed by atoms with E-state index in [-0.39, 0.29) is 17.8 Å². The van der Waals surface area contributed by atoms with Gasteiger partial charge < -0.3 is 11.1 Å². The minimum absolute atomic E-state index is 0.0938. The number of aromatic nitrogens is 3. The molecule has 3 N–H and O–H groups in total. The van der Waals surface area contributed by atoms with Gasteiger partial charge in [-0.25, -0.2) is 0 Å². The summed E-state index contributed by atoms with van der Waals surface area (Å²) < 4.78 is 0. The van der Waals surface area contributed by atoms with Gasteiger partial charge in [0.25, 0.3) is 0 Å². The summed E-state index contributed by atoms with van der Waals surface area (Å²) in [6.45, 7) is 0. The Morgan fingerprint density at radius 2 is 1.72 bits per heavy atom. The highest BCUT2D eigenvalue weighted by atomic mass is 35.5. The molecule has 0 fully saturated rings. The zero-order valence-electron chi connectivity index (χ0n) is 8.99. The second-order valence-electron chi connectivity index (χ2n) is 3.35. The highest BCUT2D eigenvalue weighted by Gasteiger charge is 2.05. The van der Waals surface area contributed by atoms with Gasteiger partial charge in [-0.05, 0) is 18.2 Å². The van der Waals surface area contributed by atoms with Crippen LogP contribution >= 0.6 is 34.8 Å². The molecule has 0 aliphatic carbocycles. The van der Waals surface area contributed by atoms with Gasteiger partial charge in [-0.15, -0.1) is 11.6 Å². The van der Waals surface area contributed by atoms with E-state index in [4.69, 9.17) is 40.5 Å². The summed E-state index contributed by atoms with van der Waals surface area (Å²) in [7, 11) is 0. The molecule has 0 atom stereocenters. The molecule has 94 valence electrons. The third kappa shape index (κ3) is 3.35. The summed E-state index contributed by atoms with van der Waals surface area (Å²) in [6, 6.07) is 5.00. The van der Waals surface area contributed by atoms with Crippen LogP contribution < -0.4 is 11.1 Å². The van der Waals surface area contributed by atoms with E-state index in [0.717, 1.165) is 0 Å². The van der Waals surface area contributed by atoms with Crippen LogP contribution in [0, 0.1) is 0 Å². The van der Waals surface area contributed by atoms with Crippen LogP contribution in [0.5, 0.6) is 0 Å².